The Morgan fingerprint density at radius 3 is 2.68 bits per heavy atom. The third-order valence-electron chi connectivity index (χ3n) is 4.62. The van der Waals surface area contributed by atoms with Gasteiger partial charge in [-0.25, -0.2) is 9.98 Å². The number of rotatable bonds is 7. The monoisotopic (exact) mass is 521 g/mol. The zero-order chi connectivity index (χ0) is 19.8. The van der Waals surface area contributed by atoms with Gasteiger partial charge in [-0.3, -0.25) is 4.79 Å². The molecule has 1 aromatic rings. The average molecular weight is 522 g/mol. The number of hydrogen-bond acceptors (Lipinski definition) is 4. The molecule has 1 heterocycles. The molecule has 0 bridgehead atoms. The van der Waals surface area contributed by atoms with Crippen LogP contribution in [0.3, 0.4) is 0 Å². The van der Waals surface area contributed by atoms with Gasteiger partial charge in [0, 0.05) is 35.8 Å². The Morgan fingerprint density at radius 1 is 1.32 bits per heavy atom. The predicted molar refractivity (Wildman–Crippen MR) is 129 cm³/mol. The Kier molecular flexibility index (Phi) is 11.3. The zero-order valence-electron chi connectivity index (χ0n) is 17.7. The summed E-state index contributed by atoms with van der Waals surface area (Å²) < 4.78 is 0. The molecule has 2 rings (SSSR count). The predicted octanol–water partition coefficient (Wildman–Crippen LogP) is 4.02. The molecule has 2 unspecified atom stereocenters. The SMILES string of the molecule is CCNC(=NCc1csc(C(C)C)n1)NC1CCCC(C(=O)NC(C)C)C1.I. The lowest BCUT2D eigenvalue weighted by atomic mass is 9.85. The first-order valence-electron chi connectivity index (χ1n) is 10.2. The summed E-state index contributed by atoms with van der Waals surface area (Å²) in [5, 5.41) is 13.1. The number of thiazole rings is 1. The molecule has 1 aliphatic rings. The van der Waals surface area contributed by atoms with Gasteiger partial charge in [0.1, 0.15) is 0 Å². The Bertz CT molecular complexity index is 632. The van der Waals surface area contributed by atoms with Crippen molar-refractivity contribution in [1.29, 1.82) is 0 Å². The van der Waals surface area contributed by atoms with E-state index in [0.29, 0.717) is 12.5 Å². The summed E-state index contributed by atoms with van der Waals surface area (Å²) in [7, 11) is 0. The average Bonchev–Trinajstić information content (AvgIpc) is 3.09. The fraction of sp³-hybridized carbons (Fsp3) is 0.750. The second-order valence-corrected chi connectivity index (χ2v) is 8.78. The molecule has 2 atom stereocenters. The van der Waals surface area contributed by atoms with E-state index in [2.05, 4.69) is 47.1 Å². The first-order valence-corrected chi connectivity index (χ1v) is 11.1. The number of aromatic nitrogens is 1. The number of nitrogens with zero attached hydrogens (tertiary/aromatic N) is 2. The summed E-state index contributed by atoms with van der Waals surface area (Å²) >= 11 is 1.70. The molecule has 8 heteroatoms. The molecule has 1 fully saturated rings. The Labute approximate surface area is 190 Å². The lowest BCUT2D eigenvalue weighted by molar-refractivity contribution is -0.126. The number of carbonyl (C=O) groups excluding carboxylic acids is 1. The molecule has 0 spiro atoms. The van der Waals surface area contributed by atoms with E-state index in [0.717, 1.165) is 48.9 Å². The van der Waals surface area contributed by atoms with Crippen molar-refractivity contribution in [2.75, 3.05) is 6.54 Å². The standard InChI is InChI=1S/C20H35N5OS.HI/c1-6-21-20(22-11-17-12-27-19(24-17)13(2)3)25-16-9-7-8-15(10-16)18(26)23-14(4)5;/h12-16H,6-11H2,1-5H3,(H,23,26)(H2,21,22,25);1H. The minimum Gasteiger partial charge on any atom is -0.357 e. The van der Waals surface area contributed by atoms with E-state index in [1.54, 1.807) is 11.3 Å². The van der Waals surface area contributed by atoms with Gasteiger partial charge in [0.15, 0.2) is 5.96 Å². The van der Waals surface area contributed by atoms with Crippen LogP contribution in [0.5, 0.6) is 0 Å². The molecule has 0 saturated heterocycles. The van der Waals surface area contributed by atoms with Crippen molar-refractivity contribution >= 4 is 47.2 Å². The summed E-state index contributed by atoms with van der Waals surface area (Å²) in [6.45, 7) is 11.8. The van der Waals surface area contributed by atoms with Crippen LogP contribution >= 0.6 is 35.3 Å². The lowest BCUT2D eigenvalue weighted by Gasteiger charge is -2.30. The van der Waals surface area contributed by atoms with E-state index in [1.165, 1.54) is 0 Å². The summed E-state index contributed by atoms with van der Waals surface area (Å²) in [4.78, 5) is 21.7. The minimum absolute atomic E-state index is 0. The number of hydrogen-bond donors (Lipinski definition) is 3. The van der Waals surface area contributed by atoms with Crippen LogP contribution in [0.15, 0.2) is 10.4 Å². The van der Waals surface area contributed by atoms with Gasteiger partial charge in [-0.1, -0.05) is 20.3 Å². The molecule has 1 amide bonds. The van der Waals surface area contributed by atoms with Crippen molar-refractivity contribution in [3.8, 4) is 0 Å². The smallest absolute Gasteiger partial charge is 0.223 e. The van der Waals surface area contributed by atoms with Crippen LogP contribution in [-0.4, -0.2) is 35.5 Å². The molecule has 0 aliphatic heterocycles. The second-order valence-electron chi connectivity index (χ2n) is 7.90. The molecule has 160 valence electrons. The fourth-order valence-corrected chi connectivity index (χ4v) is 4.12. The highest BCUT2D eigenvalue weighted by Gasteiger charge is 2.28. The first kappa shape index (κ1) is 25.1. The molecular formula is C20H36IN5OS. The van der Waals surface area contributed by atoms with Crippen LogP contribution in [0.25, 0.3) is 0 Å². The van der Waals surface area contributed by atoms with Crippen LogP contribution in [-0.2, 0) is 11.3 Å². The number of halogens is 1. The Morgan fingerprint density at radius 2 is 2.07 bits per heavy atom. The van der Waals surface area contributed by atoms with Gasteiger partial charge in [-0.15, -0.1) is 35.3 Å². The quantitative estimate of drug-likeness (QED) is 0.288. The Balaban J connectivity index is 0.00000392. The maximum Gasteiger partial charge on any atom is 0.223 e. The van der Waals surface area contributed by atoms with Crippen molar-refractivity contribution in [1.82, 2.24) is 20.9 Å². The molecule has 1 aromatic heterocycles. The molecule has 0 radical (unpaired) electrons. The number of carbonyl (C=O) groups is 1. The zero-order valence-corrected chi connectivity index (χ0v) is 20.9. The van der Waals surface area contributed by atoms with Gasteiger partial charge < -0.3 is 16.0 Å². The summed E-state index contributed by atoms with van der Waals surface area (Å²) in [6, 6.07) is 0.472. The molecule has 1 saturated carbocycles. The van der Waals surface area contributed by atoms with Crippen LogP contribution in [0.4, 0.5) is 0 Å². The second kappa shape index (κ2) is 12.6. The normalized spacial score (nSPS) is 20.0. The van der Waals surface area contributed by atoms with Gasteiger partial charge in [0.05, 0.1) is 17.2 Å². The summed E-state index contributed by atoms with van der Waals surface area (Å²) in [6.07, 6.45) is 3.97. The number of guanidine groups is 1. The van der Waals surface area contributed by atoms with Gasteiger partial charge in [0.25, 0.3) is 0 Å². The van der Waals surface area contributed by atoms with E-state index in [4.69, 9.17) is 4.99 Å². The lowest BCUT2D eigenvalue weighted by Crippen LogP contribution is -2.47. The highest BCUT2D eigenvalue weighted by molar-refractivity contribution is 14.0. The van der Waals surface area contributed by atoms with Crippen LogP contribution in [0, 0.1) is 5.92 Å². The maximum absolute atomic E-state index is 12.3. The van der Waals surface area contributed by atoms with E-state index < -0.39 is 0 Å². The fourth-order valence-electron chi connectivity index (χ4n) is 3.30. The molecular weight excluding hydrogens is 485 g/mol. The van der Waals surface area contributed by atoms with E-state index >= 15 is 0 Å². The topological polar surface area (TPSA) is 78.4 Å². The molecule has 28 heavy (non-hydrogen) atoms. The van der Waals surface area contributed by atoms with Crippen molar-refractivity contribution in [2.24, 2.45) is 10.9 Å². The molecule has 3 N–H and O–H groups in total. The largest absolute Gasteiger partial charge is 0.357 e. The van der Waals surface area contributed by atoms with E-state index in [-0.39, 0.29) is 47.9 Å². The summed E-state index contributed by atoms with van der Waals surface area (Å²) in [5.41, 5.74) is 1.01. The molecule has 1 aliphatic carbocycles. The van der Waals surface area contributed by atoms with Crippen LogP contribution < -0.4 is 16.0 Å². The highest BCUT2D eigenvalue weighted by atomic mass is 127. The highest BCUT2D eigenvalue weighted by Crippen LogP contribution is 2.25. The molecule has 0 aromatic carbocycles. The molecule has 6 nitrogen and oxygen atoms in total. The number of aliphatic imine (C=N–C) groups is 1. The van der Waals surface area contributed by atoms with Gasteiger partial charge >= 0.3 is 0 Å². The van der Waals surface area contributed by atoms with Gasteiger partial charge in [-0.2, -0.15) is 0 Å². The van der Waals surface area contributed by atoms with E-state index in [9.17, 15) is 4.79 Å². The van der Waals surface area contributed by atoms with Gasteiger partial charge in [0.2, 0.25) is 5.91 Å². The van der Waals surface area contributed by atoms with Crippen molar-refractivity contribution in [2.45, 2.75) is 84.8 Å². The third kappa shape index (κ3) is 8.23. The van der Waals surface area contributed by atoms with E-state index in [1.807, 2.05) is 13.8 Å². The van der Waals surface area contributed by atoms with Crippen molar-refractivity contribution < 1.29 is 4.79 Å². The van der Waals surface area contributed by atoms with Crippen molar-refractivity contribution in [3.05, 3.63) is 16.1 Å². The third-order valence-corrected chi connectivity index (χ3v) is 5.82. The minimum atomic E-state index is 0. The number of amides is 1. The van der Waals surface area contributed by atoms with Crippen LogP contribution in [0.1, 0.15) is 76.9 Å². The van der Waals surface area contributed by atoms with Crippen molar-refractivity contribution in [3.63, 3.8) is 0 Å². The van der Waals surface area contributed by atoms with Crippen LogP contribution in [0.2, 0.25) is 0 Å². The van der Waals surface area contributed by atoms with Gasteiger partial charge in [-0.05, 0) is 40.0 Å². The Hall–Kier alpha value is -0.900. The first-order chi connectivity index (χ1) is 12.9. The number of nitrogens with one attached hydrogen (secondary N) is 3. The summed E-state index contributed by atoms with van der Waals surface area (Å²) in [5.74, 6) is 1.54. The maximum atomic E-state index is 12.3.